The predicted molar refractivity (Wildman–Crippen MR) is 121 cm³/mol. The summed E-state index contributed by atoms with van der Waals surface area (Å²) in [6, 6.07) is 9.04. The molecule has 0 atom stereocenters. The highest BCUT2D eigenvalue weighted by molar-refractivity contribution is 7.08. The van der Waals surface area contributed by atoms with Crippen LogP contribution < -0.4 is 4.74 Å². The molecular weight excluding hydrogens is 348 g/mol. The molecule has 0 aliphatic heterocycles. The van der Waals surface area contributed by atoms with Crippen LogP contribution in [-0.4, -0.2) is 6.61 Å². The Kier molecular flexibility index (Phi) is 11.3. The summed E-state index contributed by atoms with van der Waals surface area (Å²) in [5.41, 5.74) is 4.01. The van der Waals surface area contributed by atoms with Crippen molar-refractivity contribution in [3.63, 3.8) is 0 Å². The van der Waals surface area contributed by atoms with Crippen LogP contribution in [0.25, 0.3) is 11.1 Å². The average Bonchev–Trinajstić information content (AvgIpc) is 3.22. The quantitative estimate of drug-likeness (QED) is 0.278. The van der Waals surface area contributed by atoms with E-state index in [1.807, 2.05) is 0 Å². The third-order valence-electron chi connectivity index (χ3n) is 5.20. The number of hydrogen-bond donors (Lipinski definition) is 0. The van der Waals surface area contributed by atoms with E-state index in [-0.39, 0.29) is 0 Å². The summed E-state index contributed by atoms with van der Waals surface area (Å²) in [6.45, 7) is 5.37. The lowest BCUT2D eigenvalue weighted by Crippen LogP contribution is -1.99. The van der Waals surface area contributed by atoms with Crippen molar-refractivity contribution in [2.45, 2.75) is 90.9 Å². The number of unbranched alkanes of at least 4 members (excludes halogenated alkanes) is 9. The zero-order valence-electron chi connectivity index (χ0n) is 17.5. The van der Waals surface area contributed by atoms with Crippen LogP contribution in [0.4, 0.5) is 0 Å². The highest BCUT2D eigenvalue weighted by Crippen LogP contribution is 2.33. The van der Waals surface area contributed by atoms with Crippen LogP contribution >= 0.6 is 11.3 Å². The smallest absolute Gasteiger partial charge is 0.127 e. The summed E-state index contributed by atoms with van der Waals surface area (Å²) in [4.78, 5) is 0. The maximum absolute atomic E-state index is 6.17. The Bertz CT molecular complexity index is 603. The van der Waals surface area contributed by atoms with Crippen LogP contribution in [0.2, 0.25) is 0 Å². The summed E-state index contributed by atoms with van der Waals surface area (Å²) in [7, 11) is 0. The number of ether oxygens (including phenoxy) is 1. The van der Waals surface area contributed by atoms with E-state index in [1.165, 1.54) is 87.3 Å². The van der Waals surface area contributed by atoms with Gasteiger partial charge < -0.3 is 4.74 Å². The fourth-order valence-corrected chi connectivity index (χ4v) is 4.15. The van der Waals surface area contributed by atoms with Gasteiger partial charge >= 0.3 is 0 Å². The topological polar surface area (TPSA) is 9.23 Å². The van der Waals surface area contributed by atoms with Gasteiger partial charge in [-0.1, -0.05) is 77.7 Å². The minimum absolute atomic E-state index is 0.831. The van der Waals surface area contributed by atoms with Crippen molar-refractivity contribution < 1.29 is 4.74 Å². The molecule has 1 nitrogen and oxygen atoms in total. The first kappa shape index (κ1) is 22.0. The van der Waals surface area contributed by atoms with Gasteiger partial charge in [-0.15, -0.1) is 0 Å². The molecule has 0 bridgehead atoms. The van der Waals surface area contributed by atoms with Crippen molar-refractivity contribution >= 4 is 11.3 Å². The van der Waals surface area contributed by atoms with Crippen LogP contribution in [-0.2, 0) is 6.42 Å². The molecule has 2 rings (SSSR count). The van der Waals surface area contributed by atoms with Crippen LogP contribution in [0.3, 0.4) is 0 Å². The molecule has 0 unspecified atom stereocenters. The van der Waals surface area contributed by atoms with Gasteiger partial charge in [0.25, 0.3) is 0 Å². The van der Waals surface area contributed by atoms with Gasteiger partial charge in [0, 0.05) is 5.56 Å². The minimum atomic E-state index is 0.831. The molecule has 2 aromatic rings. The van der Waals surface area contributed by atoms with E-state index in [4.69, 9.17) is 4.74 Å². The van der Waals surface area contributed by atoms with Crippen molar-refractivity contribution in [3.8, 4) is 16.9 Å². The fourth-order valence-electron chi connectivity index (χ4n) is 3.50. The second kappa shape index (κ2) is 13.8. The zero-order chi connectivity index (χ0) is 19.2. The number of hydrogen-bond acceptors (Lipinski definition) is 2. The van der Waals surface area contributed by atoms with Crippen molar-refractivity contribution in [1.29, 1.82) is 0 Å². The third kappa shape index (κ3) is 8.51. The lowest BCUT2D eigenvalue weighted by atomic mass is 10.00. The Labute approximate surface area is 171 Å². The fraction of sp³-hybridized carbons (Fsp3) is 0.600. The highest BCUT2D eigenvalue weighted by Gasteiger charge is 2.09. The monoisotopic (exact) mass is 386 g/mol. The van der Waals surface area contributed by atoms with Crippen LogP contribution in [0.1, 0.15) is 90.0 Å². The van der Waals surface area contributed by atoms with Gasteiger partial charge in [-0.25, -0.2) is 0 Å². The third-order valence-corrected chi connectivity index (χ3v) is 5.88. The maximum Gasteiger partial charge on any atom is 0.127 e. The number of thiophene rings is 1. The highest BCUT2D eigenvalue weighted by atomic mass is 32.1. The predicted octanol–water partition coefficient (Wildman–Crippen LogP) is 8.67. The molecule has 1 aromatic carbocycles. The Morgan fingerprint density at radius 1 is 0.778 bits per heavy atom. The van der Waals surface area contributed by atoms with Crippen molar-refractivity contribution in [2.75, 3.05) is 6.61 Å². The molecule has 27 heavy (non-hydrogen) atoms. The number of aryl methyl sites for hydroxylation is 1. The summed E-state index contributed by atoms with van der Waals surface area (Å²) >= 11 is 1.76. The molecule has 0 radical (unpaired) electrons. The van der Waals surface area contributed by atoms with E-state index in [0.717, 1.165) is 18.8 Å². The van der Waals surface area contributed by atoms with Gasteiger partial charge in [0.15, 0.2) is 0 Å². The van der Waals surface area contributed by atoms with E-state index in [9.17, 15) is 0 Å². The van der Waals surface area contributed by atoms with Gasteiger partial charge in [-0.05, 0) is 59.3 Å². The summed E-state index contributed by atoms with van der Waals surface area (Å²) in [5.74, 6) is 1.05. The maximum atomic E-state index is 6.17. The molecular formula is C25H38OS. The van der Waals surface area contributed by atoms with E-state index in [2.05, 4.69) is 48.9 Å². The SMILES string of the molecule is CCCCCCCCc1ccc(OCCCCCCC)c(-c2ccsc2)c1. The molecule has 0 amide bonds. The average molecular weight is 387 g/mol. The Balaban J connectivity index is 1.88. The number of benzene rings is 1. The van der Waals surface area contributed by atoms with Gasteiger partial charge in [-0.3, -0.25) is 0 Å². The first-order valence-electron chi connectivity index (χ1n) is 11.1. The largest absolute Gasteiger partial charge is 0.493 e. The zero-order valence-corrected chi connectivity index (χ0v) is 18.3. The molecule has 0 N–H and O–H groups in total. The second-order valence-corrected chi connectivity index (χ2v) is 8.40. The van der Waals surface area contributed by atoms with Gasteiger partial charge in [0.1, 0.15) is 5.75 Å². The summed E-state index contributed by atoms with van der Waals surface area (Å²) < 4.78 is 6.17. The van der Waals surface area contributed by atoms with Gasteiger partial charge in [0.2, 0.25) is 0 Å². The second-order valence-electron chi connectivity index (χ2n) is 7.62. The summed E-state index contributed by atoms with van der Waals surface area (Å²) in [5, 5.41) is 4.39. The molecule has 1 heterocycles. The first-order chi connectivity index (χ1) is 13.3. The summed E-state index contributed by atoms with van der Waals surface area (Å²) in [6.07, 6.45) is 15.7. The van der Waals surface area contributed by atoms with Crippen LogP contribution in [0, 0.1) is 0 Å². The van der Waals surface area contributed by atoms with E-state index < -0.39 is 0 Å². The lowest BCUT2D eigenvalue weighted by Gasteiger charge is -2.13. The van der Waals surface area contributed by atoms with E-state index in [1.54, 1.807) is 11.3 Å². The molecule has 2 heteroatoms. The number of rotatable bonds is 15. The van der Waals surface area contributed by atoms with Gasteiger partial charge in [0.05, 0.1) is 6.61 Å². The molecule has 0 aliphatic rings. The van der Waals surface area contributed by atoms with Crippen LogP contribution in [0.15, 0.2) is 35.0 Å². The minimum Gasteiger partial charge on any atom is -0.493 e. The van der Waals surface area contributed by atoms with E-state index in [0.29, 0.717) is 0 Å². The molecule has 0 aliphatic carbocycles. The van der Waals surface area contributed by atoms with E-state index >= 15 is 0 Å². The lowest BCUT2D eigenvalue weighted by molar-refractivity contribution is 0.305. The van der Waals surface area contributed by atoms with Crippen molar-refractivity contribution in [1.82, 2.24) is 0 Å². The first-order valence-corrected chi connectivity index (χ1v) is 12.1. The molecule has 0 saturated carbocycles. The molecule has 0 fully saturated rings. The normalized spacial score (nSPS) is 11.0. The standard InChI is InChI=1S/C25H38OS/c1-3-5-7-9-10-12-14-22-15-16-25(26-18-13-11-8-6-4-2)24(20-22)23-17-19-27-21-23/h15-17,19-21H,3-14,18H2,1-2H3. The Morgan fingerprint density at radius 2 is 1.48 bits per heavy atom. The Morgan fingerprint density at radius 3 is 2.19 bits per heavy atom. The Hall–Kier alpha value is -1.28. The van der Waals surface area contributed by atoms with Gasteiger partial charge in [-0.2, -0.15) is 11.3 Å². The van der Waals surface area contributed by atoms with Crippen molar-refractivity contribution in [3.05, 3.63) is 40.6 Å². The molecule has 150 valence electrons. The molecule has 0 spiro atoms. The molecule has 0 saturated heterocycles. The van der Waals surface area contributed by atoms with Crippen molar-refractivity contribution in [2.24, 2.45) is 0 Å². The van der Waals surface area contributed by atoms with Crippen LogP contribution in [0.5, 0.6) is 5.75 Å². The molecule has 1 aromatic heterocycles.